The van der Waals surface area contributed by atoms with Crippen molar-refractivity contribution in [1.82, 2.24) is 0 Å². The summed E-state index contributed by atoms with van der Waals surface area (Å²) in [6.45, 7) is 6.48. The molecule has 0 fully saturated rings. The molecule has 0 saturated heterocycles. The van der Waals surface area contributed by atoms with Crippen LogP contribution in [0, 0.1) is 0 Å². The molecule has 6 heteroatoms. The van der Waals surface area contributed by atoms with Gasteiger partial charge in [-0.2, -0.15) is 0 Å². The minimum absolute atomic E-state index is 0.0786. The van der Waals surface area contributed by atoms with Crippen molar-refractivity contribution in [3.63, 3.8) is 0 Å². The Hall–Kier alpha value is -3.93. The molecule has 0 bridgehead atoms. The van der Waals surface area contributed by atoms with E-state index < -0.39 is 6.10 Å². The molecule has 0 radical (unpaired) electrons. The summed E-state index contributed by atoms with van der Waals surface area (Å²) in [5.74, 6) is -0.891. The molecule has 0 saturated carbocycles. The number of allylic oxidation sites excluding steroid dienone is 18. The van der Waals surface area contributed by atoms with Crippen molar-refractivity contribution >= 4 is 17.9 Å². The first-order chi connectivity index (χ1) is 38.0. The summed E-state index contributed by atoms with van der Waals surface area (Å²) >= 11 is 0. The van der Waals surface area contributed by atoms with Crippen LogP contribution in [0.25, 0.3) is 0 Å². The second-order valence-corrected chi connectivity index (χ2v) is 21.3. The van der Waals surface area contributed by atoms with E-state index in [-0.39, 0.29) is 31.1 Å². The third-order valence-electron chi connectivity index (χ3n) is 13.8. The summed E-state index contributed by atoms with van der Waals surface area (Å²) in [6, 6.07) is 0. The lowest BCUT2D eigenvalue weighted by Crippen LogP contribution is -2.30. The third-order valence-corrected chi connectivity index (χ3v) is 13.8. The predicted molar refractivity (Wildman–Crippen MR) is 334 cm³/mol. The lowest BCUT2D eigenvalue weighted by atomic mass is 10.0. The van der Waals surface area contributed by atoms with Crippen molar-refractivity contribution in [3.8, 4) is 0 Å². The smallest absolute Gasteiger partial charge is 0.306 e. The Morgan fingerprint density at radius 3 is 0.792 bits per heavy atom. The van der Waals surface area contributed by atoms with E-state index in [0.717, 1.165) is 122 Å². The van der Waals surface area contributed by atoms with Crippen molar-refractivity contribution < 1.29 is 28.6 Å². The van der Waals surface area contributed by atoms with Crippen LogP contribution in [0.4, 0.5) is 0 Å². The highest BCUT2D eigenvalue weighted by Gasteiger charge is 2.19. The van der Waals surface area contributed by atoms with Gasteiger partial charge >= 0.3 is 17.9 Å². The molecule has 0 aromatic carbocycles. The molecular formula is C71H120O6. The average Bonchev–Trinajstić information content (AvgIpc) is 3.43. The lowest BCUT2D eigenvalue weighted by molar-refractivity contribution is -0.167. The van der Waals surface area contributed by atoms with Gasteiger partial charge in [0, 0.05) is 19.3 Å². The zero-order valence-electron chi connectivity index (χ0n) is 50.4. The van der Waals surface area contributed by atoms with Gasteiger partial charge in [0.1, 0.15) is 13.2 Å². The van der Waals surface area contributed by atoms with Crippen LogP contribution in [-0.4, -0.2) is 37.2 Å². The van der Waals surface area contributed by atoms with E-state index in [9.17, 15) is 14.4 Å². The number of unbranched alkanes of at least 4 members (excludes halogenated alkanes) is 29. The molecule has 0 aliphatic rings. The lowest BCUT2D eigenvalue weighted by Gasteiger charge is -2.18. The van der Waals surface area contributed by atoms with E-state index >= 15 is 0 Å². The molecule has 77 heavy (non-hydrogen) atoms. The molecule has 0 N–H and O–H groups in total. The molecule has 0 aliphatic heterocycles. The number of rotatable bonds is 58. The van der Waals surface area contributed by atoms with Gasteiger partial charge in [-0.1, -0.05) is 304 Å². The molecule has 0 heterocycles. The fourth-order valence-corrected chi connectivity index (χ4v) is 8.97. The molecule has 440 valence electrons. The summed E-state index contributed by atoms with van der Waals surface area (Å²) in [7, 11) is 0. The topological polar surface area (TPSA) is 78.9 Å². The van der Waals surface area contributed by atoms with E-state index in [1.165, 1.54) is 141 Å². The number of esters is 3. The molecule has 0 aliphatic carbocycles. The van der Waals surface area contributed by atoms with Gasteiger partial charge in [-0.25, -0.2) is 0 Å². The third kappa shape index (κ3) is 62.8. The Bertz CT molecular complexity index is 1560. The first-order valence-electron chi connectivity index (χ1n) is 32.4. The van der Waals surface area contributed by atoms with Crippen LogP contribution in [-0.2, 0) is 28.6 Å². The van der Waals surface area contributed by atoms with Gasteiger partial charge in [-0.15, -0.1) is 0 Å². The van der Waals surface area contributed by atoms with Crippen LogP contribution < -0.4 is 0 Å². The standard InChI is InChI=1S/C71H120O6/c1-4-7-10-13-16-18-20-22-24-26-28-29-30-31-32-33-34-35-36-37-38-39-40-41-42-43-44-46-47-49-51-53-55-58-61-64-70(73)76-67-68(66-75-69(72)63-60-57-15-12-9-6-3)77-71(74)65-62-59-56-54-52-50-48-45-27-25-23-21-19-17-14-11-8-5-2/h7,10,16,18,22,24,28-29,31-32,34-35,37-38,40-41,43-44,68H,4-6,8-9,11-15,17,19-21,23,25-27,30,33,36,39,42,45-67H2,1-3H3/b10-7-,18-16-,24-22-,29-28-,32-31-,35-34-,38-37-,41-40-,44-43-. The maximum Gasteiger partial charge on any atom is 0.306 e. The summed E-state index contributed by atoms with van der Waals surface area (Å²) in [6.07, 6.45) is 88.5. The SMILES string of the molecule is CC/C=C\C/C=C\C/C=C\C/C=C\C/C=C\C/C=C\C/C=C\C/C=C\C/C=C\CCCCCCCCCC(=O)OCC(COC(=O)CCCCCCCC)OC(=O)CCCCCCCCCCCCCCCCCCCC. The summed E-state index contributed by atoms with van der Waals surface area (Å²) in [5, 5.41) is 0. The summed E-state index contributed by atoms with van der Waals surface area (Å²) in [5.41, 5.74) is 0. The van der Waals surface area contributed by atoms with Gasteiger partial charge in [0.25, 0.3) is 0 Å². The van der Waals surface area contributed by atoms with Crippen molar-refractivity contribution in [3.05, 3.63) is 109 Å². The van der Waals surface area contributed by atoms with Crippen molar-refractivity contribution in [2.75, 3.05) is 13.2 Å². The molecular weight excluding hydrogens is 949 g/mol. The molecule has 0 aromatic heterocycles. The zero-order valence-corrected chi connectivity index (χ0v) is 50.4. The fraction of sp³-hybridized carbons (Fsp3) is 0.704. The Morgan fingerprint density at radius 2 is 0.506 bits per heavy atom. The molecule has 0 aromatic rings. The van der Waals surface area contributed by atoms with E-state index in [0.29, 0.717) is 19.3 Å². The van der Waals surface area contributed by atoms with Crippen LogP contribution in [0.15, 0.2) is 109 Å². The van der Waals surface area contributed by atoms with Crippen LogP contribution in [0.3, 0.4) is 0 Å². The van der Waals surface area contributed by atoms with Crippen molar-refractivity contribution in [1.29, 1.82) is 0 Å². The first-order valence-corrected chi connectivity index (χ1v) is 32.4. The summed E-state index contributed by atoms with van der Waals surface area (Å²) in [4.78, 5) is 38.0. The highest BCUT2D eigenvalue weighted by molar-refractivity contribution is 5.71. The Labute approximate surface area is 476 Å². The zero-order chi connectivity index (χ0) is 55.7. The van der Waals surface area contributed by atoms with Crippen LogP contribution in [0.5, 0.6) is 0 Å². The largest absolute Gasteiger partial charge is 0.462 e. The van der Waals surface area contributed by atoms with E-state index in [1.807, 2.05) is 0 Å². The second kappa shape index (κ2) is 64.6. The number of hydrogen-bond donors (Lipinski definition) is 0. The van der Waals surface area contributed by atoms with Gasteiger partial charge < -0.3 is 14.2 Å². The Morgan fingerprint density at radius 1 is 0.273 bits per heavy atom. The monoisotopic (exact) mass is 1070 g/mol. The minimum atomic E-state index is -0.778. The normalized spacial score (nSPS) is 12.8. The Balaban J connectivity index is 4.10. The van der Waals surface area contributed by atoms with Crippen molar-refractivity contribution in [2.24, 2.45) is 0 Å². The highest BCUT2D eigenvalue weighted by atomic mass is 16.6. The highest BCUT2D eigenvalue weighted by Crippen LogP contribution is 2.16. The van der Waals surface area contributed by atoms with E-state index in [4.69, 9.17) is 14.2 Å². The summed E-state index contributed by atoms with van der Waals surface area (Å²) < 4.78 is 16.8. The molecule has 0 amide bonds. The number of hydrogen-bond acceptors (Lipinski definition) is 6. The van der Waals surface area contributed by atoms with Gasteiger partial charge in [0.15, 0.2) is 6.10 Å². The second-order valence-electron chi connectivity index (χ2n) is 21.3. The van der Waals surface area contributed by atoms with E-state index in [1.54, 1.807) is 0 Å². The molecule has 1 atom stereocenters. The number of carbonyl (C=O) groups is 3. The van der Waals surface area contributed by atoms with Crippen molar-refractivity contribution in [2.45, 2.75) is 309 Å². The molecule has 1 unspecified atom stereocenters. The van der Waals surface area contributed by atoms with Crippen LogP contribution >= 0.6 is 0 Å². The maximum absolute atomic E-state index is 12.8. The average molecular weight is 1070 g/mol. The van der Waals surface area contributed by atoms with E-state index in [2.05, 4.69) is 130 Å². The first kappa shape index (κ1) is 73.1. The number of carbonyl (C=O) groups excluding carboxylic acids is 3. The number of ether oxygens (including phenoxy) is 3. The Kier molecular flexibility index (Phi) is 61.3. The van der Waals surface area contributed by atoms with Gasteiger partial charge in [0.2, 0.25) is 0 Å². The fourth-order valence-electron chi connectivity index (χ4n) is 8.97. The maximum atomic E-state index is 12.8. The minimum Gasteiger partial charge on any atom is -0.462 e. The molecule has 0 spiro atoms. The van der Waals surface area contributed by atoms with Crippen LogP contribution in [0.1, 0.15) is 303 Å². The quantitative estimate of drug-likeness (QED) is 0.0261. The van der Waals surface area contributed by atoms with Gasteiger partial charge in [-0.3, -0.25) is 14.4 Å². The molecule has 6 nitrogen and oxygen atoms in total. The van der Waals surface area contributed by atoms with Gasteiger partial charge in [-0.05, 0) is 89.9 Å². The van der Waals surface area contributed by atoms with Crippen LogP contribution in [0.2, 0.25) is 0 Å². The predicted octanol–water partition coefficient (Wildman–Crippen LogP) is 22.2. The molecule has 0 rings (SSSR count). The van der Waals surface area contributed by atoms with Gasteiger partial charge in [0.05, 0.1) is 0 Å².